The molecule has 0 aromatic carbocycles. The number of ketones is 1. The van der Waals surface area contributed by atoms with E-state index in [4.69, 9.17) is 9.84 Å². The van der Waals surface area contributed by atoms with Gasteiger partial charge in [-0.2, -0.15) is 0 Å². The second kappa shape index (κ2) is 15.1. The minimum Gasteiger partial charge on any atom is -0.396 e. The fraction of sp³-hybridized carbons (Fsp3) is 0.818. The summed E-state index contributed by atoms with van der Waals surface area (Å²) in [4.78, 5) is 22.9. The van der Waals surface area contributed by atoms with E-state index in [-0.39, 0.29) is 30.1 Å². The number of nitrogens with zero attached hydrogens (tertiary/aromatic N) is 3. The number of hydrogen-bond acceptors (Lipinski definition) is 6. The third-order valence-electron chi connectivity index (χ3n) is 4.17. The standard InChI is InChI=1S/C18H32N4O3.C4H10O/c1-6-16(23)7-8-17(24)19-11-15-12-22(21-20-15)13-18(4,5)25-10-9-14(2)3;1-4(2)3-5/h12,14H,6-11,13H2,1-5H3,(H,19,24);4-5H,3H2,1-2H3. The lowest BCUT2D eigenvalue weighted by molar-refractivity contribution is -0.125. The Hall–Kier alpha value is -1.80. The number of aromatic nitrogens is 3. The summed E-state index contributed by atoms with van der Waals surface area (Å²) in [6, 6.07) is 0. The highest BCUT2D eigenvalue weighted by Crippen LogP contribution is 2.14. The van der Waals surface area contributed by atoms with Gasteiger partial charge in [0.2, 0.25) is 5.91 Å². The van der Waals surface area contributed by atoms with E-state index in [1.807, 2.05) is 33.9 Å². The maximum Gasteiger partial charge on any atom is 0.220 e. The molecule has 0 bridgehead atoms. The van der Waals surface area contributed by atoms with Gasteiger partial charge >= 0.3 is 0 Å². The molecule has 1 aromatic rings. The van der Waals surface area contributed by atoms with E-state index in [1.165, 1.54) is 0 Å². The van der Waals surface area contributed by atoms with Gasteiger partial charge in [-0.3, -0.25) is 9.59 Å². The van der Waals surface area contributed by atoms with Crippen LogP contribution in [0, 0.1) is 11.8 Å². The molecule has 30 heavy (non-hydrogen) atoms. The van der Waals surface area contributed by atoms with Crippen molar-refractivity contribution in [3.8, 4) is 0 Å². The molecule has 0 radical (unpaired) electrons. The van der Waals surface area contributed by atoms with Gasteiger partial charge in [-0.25, -0.2) is 4.68 Å². The molecule has 8 heteroatoms. The minimum atomic E-state index is -0.330. The Kier molecular flexibility index (Phi) is 14.2. The second-order valence-electron chi connectivity index (χ2n) is 8.94. The van der Waals surface area contributed by atoms with E-state index in [2.05, 4.69) is 29.5 Å². The molecule has 0 atom stereocenters. The van der Waals surface area contributed by atoms with Gasteiger partial charge in [0.15, 0.2) is 0 Å². The van der Waals surface area contributed by atoms with Gasteiger partial charge in [0, 0.05) is 32.5 Å². The van der Waals surface area contributed by atoms with Gasteiger partial charge in [-0.05, 0) is 32.1 Å². The van der Waals surface area contributed by atoms with Crippen molar-refractivity contribution in [2.75, 3.05) is 13.2 Å². The molecule has 0 unspecified atom stereocenters. The van der Waals surface area contributed by atoms with Crippen molar-refractivity contribution in [3.63, 3.8) is 0 Å². The maximum absolute atomic E-state index is 11.7. The Bertz CT molecular complexity index is 612. The third-order valence-corrected chi connectivity index (χ3v) is 4.17. The largest absolute Gasteiger partial charge is 0.396 e. The number of Topliss-reactive ketones (excluding diaryl/α,β-unsaturated/α-hetero) is 1. The number of rotatable bonds is 13. The smallest absolute Gasteiger partial charge is 0.220 e. The molecule has 8 nitrogen and oxygen atoms in total. The van der Waals surface area contributed by atoms with Crippen LogP contribution >= 0.6 is 0 Å². The van der Waals surface area contributed by atoms with Gasteiger partial charge in [0.1, 0.15) is 11.5 Å². The van der Waals surface area contributed by atoms with Crippen LogP contribution in [0.4, 0.5) is 0 Å². The van der Waals surface area contributed by atoms with E-state index in [0.29, 0.717) is 43.6 Å². The normalized spacial score (nSPS) is 11.4. The van der Waals surface area contributed by atoms with Crippen molar-refractivity contribution >= 4 is 11.7 Å². The third kappa shape index (κ3) is 15.1. The van der Waals surface area contributed by atoms with Gasteiger partial charge < -0.3 is 15.2 Å². The molecule has 1 amide bonds. The van der Waals surface area contributed by atoms with E-state index in [9.17, 15) is 9.59 Å². The van der Waals surface area contributed by atoms with Crippen LogP contribution < -0.4 is 5.32 Å². The molecule has 0 aliphatic heterocycles. The highest BCUT2D eigenvalue weighted by Gasteiger charge is 2.20. The number of nitrogens with one attached hydrogen (secondary N) is 1. The highest BCUT2D eigenvalue weighted by atomic mass is 16.5. The van der Waals surface area contributed by atoms with E-state index in [1.54, 1.807) is 11.6 Å². The summed E-state index contributed by atoms with van der Waals surface area (Å²) in [7, 11) is 0. The lowest BCUT2D eigenvalue weighted by atomic mass is 10.1. The summed E-state index contributed by atoms with van der Waals surface area (Å²) in [6.07, 6.45) is 3.81. The van der Waals surface area contributed by atoms with Crippen LogP contribution in [0.1, 0.15) is 79.8 Å². The Balaban J connectivity index is 0.00000150. The van der Waals surface area contributed by atoms with Crippen molar-refractivity contribution < 1.29 is 19.4 Å². The van der Waals surface area contributed by atoms with Crippen LogP contribution in [-0.2, 0) is 27.4 Å². The quantitative estimate of drug-likeness (QED) is 0.502. The molecule has 0 fully saturated rings. The van der Waals surface area contributed by atoms with Crippen LogP contribution in [0.5, 0.6) is 0 Å². The predicted octanol–water partition coefficient (Wildman–Crippen LogP) is 3.13. The molecule has 0 aliphatic rings. The first-order valence-electron chi connectivity index (χ1n) is 10.9. The van der Waals surface area contributed by atoms with Crippen molar-refractivity contribution in [1.82, 2.24) is 20.3 Å². The fourth-order valence-electron chi connectivity index (χ4n) is 2.21. The van der Waals surface area contributed by atoms with Crippen molar-refractivity contribution in [2.24, 2.45) is 11.8 Å². The molecule has 1 aromatic heterocycles. The lowest BCUT2D eigenvalue weighted by Crippen LogP contribution is -2.31. The summed E-state index contributed by atoms with van der Waals surface area (Å²) in [5.74, 6) is 1.01. The van der Waals surface area contributed by atoms with Crippen LogP contribution in [0.3, 0.4) is 0 Å². The van der Waals surface area contributed by atoms with Crippen molar-refractivity contribution in [2.45, 2.75) is 92.8 Å². The first-order chi connectivity index (χ1) is 14.0. The number of amides is 1. The molecule has 0 aliphatic carbocycles. The van der Waals surface area contributed by atoms with Crippen LogP contribution in [0.15, 0.2) is 6.20 Å². The molecular weight excluding hydrogens is 384 g/mol. The minimum absolute atomic E-state index is 0.0980. The Morgan fingerprint density at radius 3 is 2.37 bits per heavy atom. The van der Waals surface area contributed by atoms with Gasteiger partial charge in [0.05, 0.1) is 24.9 Å². The lowest BCUT2D eigenvalue weighted by Gasteiger charge is -2.25. The topological polar surface area (TPSA) is 106 Å². The van der Waals surface area contributed by atoms with E-state index in [0.717, 1.165) is 13.0 Å². The van der Waals surface area contributed by atoms with E-state index >= 15 is 0 Å². The first kappa shape index (κ1) is 28.2. The number of hydrogen-bond donors (Lipinski definition) is 2. The molecular formula is C22H42N4O4. The van der Waals surface area contributed by atoms with Gasteiger partial charge in [-0.1, -0.05) is 39.8 Å². The number of ether oxygens (including phenoxy) is 1. The zero-order valence-electron chi connectivity index (χ0n) is 19.9. The second-order valence-corrected chi connectivity index (χ2v) is 8.94. The Morgan fingerprint density at radius 1 is 1.20 bits per heavy atom. The number of aliphatic hydroxyl groups is 1. The molecule has 174 valence electrons. The maximum atomic E-state index is 11.7. The molecule has 1 rings (SSSR count). The number of carbonyl (C=O) groups excluding carboxylic acids is 2. The van der Waals surface area contributed by atoms with Crippen LogP contribution in [-0.4, -0.2) is 50.6 Å². The van der Waals surface area contributed by atoms with Gasteiger partial charge in [-0.15, -0.1) is 5.10 Å². The first-order valence-corrected chi connectivity index (χ1v) is 10.9. The van der Waals surface area contributed by atoms with Crippen molar-refractivity contribution in [1.29, 1.82) is 0 Å². The monoisotopic (exact) mass is 426 g/mol. The SMILES string of the molecule is CC(C)CO.CCC(=O)CCC(=O)NCc1cn(CC(C)(C)OCCC(C)C)nn1. The van der Waals surface area contributed by atoms with Crippen molar-refractivity contribution in [3.05, 3.63) is 11.9 Å². The average molecular weight is 427 g/mol. The zero-order chi connectivity index (χ0) is 23.2. The summed E-state index contributed by atoms with van der Waals surface area (Å²) in [6.45, 7) is 16.1. The van der Waals surface area contributed by atoms with E-state index < -0.39 is 0 Å². The summed E-state index contributed by atoms with van der Waals surface area (Å²) < 4.78 is 7.66. The summed E-state index contributed by atoms with van der Waals surface area (Å²) in [5.41, 5.74) is 0.358. The summed E-state index contributed by atoms with van der Waals surface area (Å²) in [5, 5.41) is 19.1. The molecule has 2 N–H and O–H groups in total. The summed E-state index contributed by atoms with van der Waals surface area (Å²) >= 11 is 0. The Labute approximate surface area is 181 Å². The predicted molar refractivity (Wildman–Crippen MR) is 118 cm³/mol. The van der Waals surface area contributed by atoms with Crippen LogP contribution in [0.25, 0.3) is 0 Å². The van der Waals surface area contributed by atoms with Gasteiger partial charge in [0.25, 0.3) is 0 Å². The van der Waals surface area contributed by atoms with Crippen LogP contribution in [0.2, 0.25) is 0 Å². The fourth-order valence-corrected chi connectivity index (χ4v) is 2.21. The zero-order valence-corrected chi connectivity index (χ0v) is 19.9. The molecule has 0 spiro atoms. The average Bonchev–Trinajstić information content (AvgIpc) is 3.10. The molecule has 1 heterocycles. The molecule has 0 saturated heterocycles. The highest BCUT2D eigenvalue weighted by molar-refractivity contribution is 5.84. The number of aliphatic hydroxyl groups excluding tert-OH is 1. The molecule has 0 saturated carbocycles. The number of carbonyl (C=O) groups is 2. The Morgan fingerprint density at radius 2 is 1.83 bits per heavy atom.